The predicted molar refractivity (Wildman–Crippen MR) is 90.6 cm³/mol. The second kappa shape index (κ2) is 7.73. The molecule has 2 rings (SSSR count). The van der Waals surface area contributed by atoms with E-state index in [9.17, 15) is 4.79 Å². The van der Waals surface area contributed by atoms with Gasteiger partial charge in [-0.25, -0.2) is 4.79 Å². The number of halogens is 2. The molecule has 0 radical (unpaired) electrons. The first-order valence-corrected chi connectivity index (χ1v) is 7.18. The number of carbonyl (C=O) groups excluding carboxylic acids is 1. The number of methoxy groups -OCH3 is 1. The minimum atomic E-state index is -0.436. The first-order chi connectivity index (χ1) is 10.6. The van der Waals surface area contributed by atoms with Crippen LogP contribution in [0.3, 0.4) is 0 Å². The van der Waals surface area contributed by atoms with Crippen LogP contribution in [0.15, 0.2) is 48.7 Å². The molecule has 0 saturated heterocycles. The van der Waals surface area contributed by atoms with Crippen molar-refractivity contribution in [1.82, 2.24) is 5.32 Å². The number of rotatable bonds is 4. The minimum Gasteiger partial charge on any atom is -0.497 e. The van der Waals surface area contributed by atoms with Crippen LogP contribution in [0.5, 0.6) is 5.75 Å². The van der Waals surface area contributed by atoms with E-state index in [1.54, 1.807) is 31.4 Å². The van der Waals surface area contributed by atoms with Crippen LogP contribution in [0.2, 0.25) is 10.0 Å². The summed E-state index contributed by atoms with van der Waals surface area (Å²) in [4.78, 5) is 11.8. The van der Waals surface area contributed by atoms with Gasteiger partial charge in [0.2, 0.25) is 0 Å². The van der Waals surface area contributed by atoms with Gasteiger partial charge in [0.15, 0.2) is 0 Å². The van der Waals surface area contributed by atoms with E-state index in [1.165, 1.54) is 6.20 Å². The lowest BCUT2D eigenvalue weighted by Gasteiger charge is -2.08. The van der Waals surface area contributed by atoms with Gasteiger partial charge in [0, 0.05) is 6.20 Å². The Bertz CT molecular complexity index is 682. The second-order valence-corrected chi connectivity index (χ2v) is 5.12. The number of para-hydroxylation sites is 1. The number of carbonyl (C=O) groups is 1. The van der Waals surface area contributed by atoms with E-state index in [2.05, 4.69) is 10.6 Å². The van der Waals surface area contributed by atoms with E-state index in [1.807, 2.05) is 24.3 Å². The first-order valence-electron chi connectivity index (χ1n) is 6.42. The molecule has 0 bridgehead atoms. The Labute approximate surface area is 138 Å². The molecule has 2 N–H and O–H groups in total. The third-order valence-electron chi connectivity index (χ3n) is 2.79. The van der Waals surface area contributed by atoms with Gasteiger partial charge in [-0.05, 0) is 35.9 Å². The van der Waals surface area contributed by atoms with Gasteiger partial charge in [-0.2, -0.15) is 0 Å². The molecule has 6 heteroatoms. The van der Waals surface area contributed by atoms with Crippen molar-refractivity contribution in [3.63, 3.8) is 0 Å². The van der Waals surface area contributed by atoms with Gasteiger partial charge in [-0.1, -0.05) is 41.4 Å². The number of hydrogen-bond donors (Lipinski definition) is 2. The number of nitrogens with one attached hydrogen (secondary N) is 2. The quantitative estimate of drug-likeness (QED) is 0.842. The maximum atomic E-state index is 11.8. The molecular formula is C16H14Cl2N2O2. The van der Waals surface area contributed by atoms with Crippen LogP contribution < -0.4 is 15.4 Å². The van der Waals surface area contributed by atoms with Gasteiger partial charge >= 0.3 is 6.03 Å². The molecule has 0 heterocycles. The summed E-state index contributed by atoms with van der Waals surface area (Å²) in [7, 11) is 1.60. The predicted octanol–water partition coefficient (Wildman–Crippen LogP) is 4.79. The zero-order chi connectivity index (χ0) is 15.9. The van der Waals surface area contributed by atoms with Crippen molar-refractivity contribution >= 4 is 41.0 Å². The molecule has 0 aromatic heterocycles. The van der Waals surface area contributed by atoms with Gasteiger partial charge in [0.05, 0.1) is 22.8 Å². The maximum Gasteiger partial charge on any atom is 0.323 e. The van der Waals surface area contributed by atoms with Gasteiger partial charge in [-0.15, -0.1) is 0 Å². The Kier molecular flexibility index (Phi) is 5.69. The zero-order valence-corrected chi connectivity index (χ0v) is 13.3. The van der Waals surface area contributed by atoms with Crippen LogP contribution in [-0.4, -0.2) is 13.1 Å². The molecule has 0 saturated carbocycles. The van der Waals surface area contributed by atoms with Crippen LogP contribution in [0.25, 0.3) is 6.08 Å². The molecule has 0 aliphatic carbocycles. The van der Waals surface area contributed by atoms with E-state index in [0.29, 0.717) is 15.7 Å². The zero-order valence-electron chi connectivity index (χ0n) is 11.8. The summed E-state index contributed by atoms with van der Waals surface area (Å²) in [5.41, 5.74) is 1.27. The summed E-state index contributed by atoms with van der Waals surface area (Å²) < 4.78 is 5.12. The van der Waals surface area contributed by atoms with Gasteiger partial charge in [0.25, 0.3) is 0 Å². The lowest BCUT2D eigenvalue weighted by Crippen LogP contribution is -2.24. The molecule has 4 nitrogen and oxygen atoms in total. The summed E-state index contributed by atoms with van der Waals surface area (Å²) in [6.07, 6.45) is 3.27. The third kappa shape index (κ3) is 4.41. The standard InChI is InChI=1S/C16H14Cl2N2O2/c1-22-12-5-2-4-11(10-12)8-9-19-16(21)20-15-13(17)6-3-7-14(15)18/h2-10H,1H3,(H2,19,20,21)/b9-8+. The molecule has 2 aromatic rings. The number of hydrogen-bond acceptors (Lipinski definition) is 2. The lowest BCUT2D eigenvalue weighted by molar-refractivity contribution is 0.255. The Morgan fingerprint density at radius 3 is 2.50 bits per heavy atom. The average Bonchev–Trinajstić information content (AvgIpc) is 2.51. The van der Waals surface area contributed by atoms with E-state index in [4.69, 9.17) is 27.9 Å². The molecule has 114 valence electrons. The highest BCUT2D eigenvalue weighted by atomic mass is 35.5. The number of anilines is 1. The molecular weight excluding hydrogens is 323 g/mol. The fourth-order valence-corrected chi connectivity index (χ4v) is 2.22. The fourth-order valence-electron chi connectivity index (χ4n) is 1.73. The molecule has 0 fully saturated rings. The summed E-state index contributed by atoms with van der Waals surface area (Å²) in [6, 6.07) is 12.0. The summed E-state index contributed by atoms with van der Waals surface area (Å²) in [6.45, 7) is 0. The van der Waals surface area contributed by atoms with Crippen molar-refractivity contribution in [2.45, 2.75) is 0 Å². The Hall–Kier alpha value is -2.17. The van der Waals surface area contributed by atoms with E-state index >= 15 is 0 Å². The lowest BCUT2D eigenvalue weighted by atomic mass is 10.2. The van der Waals surface area contributed by atoms with Crippen LogP contribution in [0, 0.1) is 0 Å². The van der Waals surface area contributed by atoms with Crippen molar-refractivity contribution < 1.29 is 9.53 Å². The van der Waals surface area contributed by atoms with Crippen molar-refractivity contribution in [1.29, 1.82) is 0 Å². The fraction of sp³-hybridized carbons (Fsp3) is 0.0625. The molecule has 0 aliphatic rings. The number of amides is 2. The highest BCUT2D eigenvalue weighted by molar-refractivity contribution is 6.39. The van der Waals surface area contributed by atoms with Crippen LogP contribution in [0.1, 0.15) is 5.56 Å². The third-order valence-corrected chi connectivity index (χ3v) is 3.42. The van der Waals surface area contributed by atoms with Crippen molar-refractivity contribution in [3.8, 4) is 5.75 Å². The van der Waals surface area contributed by atoms with Gasteiger partial charge in [-0.3, -0.25) is 0 Å². The normalized spacial score (nSPS) is 10.5. The molecule has 2 amide bonds. The van der Waals surface area contributed by atoms with Gasteiger partial charge < -0.3 is 15.4 Å². The van der Waals surface area contributed by atoms with Crippen molar-refractivity contribution in [3.05, 3.63) is 64.3 Å². The van der Waals surface area contributed by atoms with Crippen molar-refractivity contribution in [2.75, 3.05) is 12.4 Å². The first kappa shape index (κ1) is 16.2. The van der Waals surface area contributed by atoms with Crippen LogP contribution >= 0.6 is 23.2 Å². The summed E-state index contributed by atoms with van der Waals surface area (Å²) in [5, 5.41) is 5.93. The van der Waals surface area contributed by atoms with Crippen LogP contribution in [-0.2, 0) is 0 Å². The summed E-state index contributed by atoms with van der Waals surface area (Å²) >= 11 is 12.0. The Morgan fingerprint density at radius 2 is 1.82 bits per heavy atom. The SMILES string of the molecule is COc1cccc(/C=C/NC(=O)Nc2c(Cl)cccc2Cl)c1. The monoisotopic (exact) mass is 336 g/mol. The molecule has 0 unspecified atom stereocenters. The minimum absolute atomic E-state index is 0.373. The topological polar surface area (TPSA) is 50.4 Å². The molecule has 0 aliphatic heterocycles. The number of benzene rings is 2. The highest BCUT2D eigenvalue weighted by Crippen LogP contribution is 2.29. The Morgan fingerprint density at radius 1 is 1.14 bits per heavy atom. The number of ether oxygens (including phenoxy) is 1. The van der Waals surface area contributed by atoms with E-state index < -0.39 is 6.03 Å². The maximum absolute atomic E-state index is 11.8. The molecule has 22 heavy (non-hydrogen) atoms. The average molecular weight is 337 g/mol. The molecule has 0 spiro atoms. The van der Waals surface area contributed by atoms with Crippen molar-refractivity contribution in [2.24, 2.45) is 0 Å². The highest BCUT2D eigenvalue weighted by Gasteiger charge is 2.07. The summed E-state index contributed by atoms with van der Waals surface area (Å²) in [5.74, 6) is 0.745. The number of urea groups is 1. The second-order valence-electron chi connectivity index (χ2n) is 4.31. The Balaban J connectivity index is 1.96. The van der Waals surface area contributed by atoms with E-state index in [-0.39, 0.29) is 0 Å². The van der Waals surface area contributed by atoms with Gasteiger partial charge in [0.1, 0.15) is 5.75 Å². The molecule has 0 atom stereocenters. The van der Waals surface area contributed by atoms with Crippen LogP contribution in [0.4, 0.5) is 10.5 Å². The molecule has 2 aromatic carbocycles. The van der Waals surface area contributed by atoms with E-state index in [0.717, 1.165) is 11.3 Å². The smallest absolute Gasteiger partial charge is 0.323 e. The largest absolute Gasteiger partial charge is 0.497 e.